The molecule has 3 N–H and O–H groups in total. The number of aliphatic hydroxyl groups is 2. The Morgan fingerprint density at radius 1 is 1.19 bits per heavy atom. The fraction of sp³-hybridized carbons (Fsp3) is 0.400. The highest BCUT2D eigenvalue weighted by molar-refractivity contribution is 7.92. The van der Waals surface area contributed by atoms with Crippen molar-refractivity contribution in [2.45, 2.75) is 30.4 Å². The minimum absolute atomic E-state index is 0.0223. The number of benzene rings is 1. The molecule has 0 aromatic heterocycles. The Balaban J connectivity index is 3.24. The van der Waals surface area contributed by atoms with Gasteiger partial charge in [-0.1, -0.05) is 12.1 Å². The summed E-state index contributed by atoms with van der Waals surface area (Å²) in [5, 5.41) is 21.0. The van der Waals surface area contributed by atoms with E-state index in [9.17, 15) is 13.5 Å². The van der Waals surface area contributed by atoms with Gasteiger partial charge >= 0.3 is 0 Å². The fourth-order valence-electron chi connectivity index (χ4n) is 1.24. The van der Waals surface area contributed by atoms with Crippen LogP contribution in [0.4, 0.5) is 5.69 Å². The number of rotatable bonds is 4. The highest BCUT2D eigenvalue weighted by atomic mass is 32.2. The van der Waals surface area contributed by atoms with E-state index in [0.29, 0.717) is 0 Å². The van der Waals surface area contributed by atoms with Gasteiger partial charge in [-0.15, -0.1) is 0 Å². The first-order valence-electron chi connectivity index (χ1n) is 4.81. The number of para-hydroxylation sites is 1. The Morgan fingerprint density at radius 2 is 1.75 bits per heavy atom. The van der Waals surface area contributed by atoms with Crippen LogP contribution < -0.4 is 5.32 Å². The third-order valence-corrected chi connectivity index (χ3v) is 3.87. The number of sulfone groups is 1. The number of anilines is 1. The van der Waals surface area contributed by atoms with Crippen molar-refractivity contribution in [1.82, 2.24) is 0 Å². The maximum atomic E-state index is 11.8. The molecule has 0 fully saturated rings. The van der Waals surface area contributed by atoms with Crippen LogP contribution in [-0.4, -0.2) is 30.3 Å². The van der Waals surface area contributed by atoms with Crippen molar-refractivity contribution in [2.75, 3.05) is 5.32 Å². The van der Waals surface area contributed by atoms with Crippen LogP contribution >= 0.6 is 0 Å². The molecule has 2 atom stereocenters. The topological polar surface area (TPSA) is 86.6 Å². The van der Waals surface area contributed by atoms with Crippen molar-refractivity contribution in [3.63, 3.8) is 0 Å². The molecule has 90 valence electrons. The molecule has 6 heteroatoms. The summed E-state index contributed by atoms with van der Waals surface area (Å²) in [7, 11) is -3.77. The van der Waals surface area contributed by atoms with Crippen LogP contribution in [-0.2, 0) is 9.84 Å². The van der Waals surface area contributed by atoms with Crippen LogP contribution in [0.5, 0.6) is 0 Å². The molecule has 1 aromatic rings. The first-order valence-corrected chi connectivity index (χ1v) is 6.36. The van der Waals surface area contributed by atoms with E-state index in [0.717, 1.165) is 0 Å². The molecule has 0 spiro atoms. The second kappa shape index (κ2) is 4.82. The molecule has 0 saturated heterocycles. The third kappa shape index (κ3) is 2.72. The van der Waals surface area contributed by atoms with E-state index in [4.69, 9.17) is 5.11 Å². The quantitative estimate of drug-likeness (QED) is 0.674. The third-order valence-electron chi connectivity index (χ3n) is 2.01. The van der Waals surface area contributed by atoms with Gasteiger partial charge in [0.25, 0.3) is 0 Å². The normalized spacial score (nSPS) is 15.5. The summed E-state index contributed by atoms with van der Waals surface area (Å²) in [6.45, 7) is 2.67. The van der Waals surface area contributed by atoms with Crippen LogP contribution in [0.25, 0.3) is 0 Å². The second-order valence-corrected chi connectivity index (χ2v) is 5.67. The van der Waals surface area contributed by atoms with Crippen molar-refractivity contribution < 1.29 is 18.6 Å². The van der Waals surface area contributed by atoms with Crippen LogP contribution in [0.3, 0.4) is 0 Å². The fourth-order valence-corrected chi connectivity index (χ4v) is 2.31. The molecular weight excluding hydrogens is 230 g/mol. The zero-order valence-electron chi connectivity index (χ0n) is 9.08. The monoisotopic (exact) mass is 245 g/mol. The van der Waals surface area contributed by atoms with Crippen LogP contribution in [0, 0.1) is 0 Å². The minimum atomic E-state index is -3.77. The van der Waals surface area contributed by atoms with E-state index < -0.39 is 21.5 Å². The molecule has 1 rings (SSSR count). The van der Waals surface area contributed by atoms with Crippen molar-refractivity contribution in [1.29, 1.82) is 0 Å². The van der Waals surface area contributed by atoms with E-state index in [1.54, 1.807) is 12.1 Å². The maximum Gasteiger partial charge on any atom is 0.206 e. The summed E-state index contributed by atoms with van der Waals surface area (Å²) in [6.07, 6.45) is -0.870. The summed E-state index contributed by atoms with van der Waals surface area (Å²) < 4.78 is 23.5. The smallest absolute Gasteiger partial charge is 0.206 e. The molecule has 0 bridgehead atoms. The van der Waals surface area contributed by atoms with Gasteiger partial charge < -0.3 is 15.5 Å². The van der Waals surface area contributed by atoms with E-state index in [2.05, 4.69) is 5.32 Å². The lowest BCUT2D eigenvalue weighted by Crippen LogP contribution is -2.21. The number of nitrogens with one attached hydrogen (secondary N) is 1. The average Bonchev–Trinajstić information content (AvgIpc) is 2.17. The van der Waals surface area contributed by atoms with Gasteiger partial charge in [0.2, 0.25) is 9.84 Å². The van der Waals surface area contributed by atoms with Crippen molar-refractivity contribution in [3.8, 4) is 0 Å². The van der Waals surface area contributed by atoms with Crippen molar-refractivity contribution in [2.24, 2.45) is 0 Å². The lowest BCUT2D eigenvalue weighted by atomic mass is 10.3. The van der Waals surface area contributed by atoms with Gasteiger partial charge in [-0.05, 0) is 26.0 Å². The Hall–Kier alpha value is -1.11. The van der Waals surface area contributed by atoms with Gasteiger partial charge in [-0.3, -0.25) is 0 Å². The van der Waals surface area contributed by atoms with Crippen LogP contribution in [0.15, 0.2) is 29.2 Å². The first-order chi connectivity index (χ1) is 7.35. The Bertz CT molecular complexity index is 454. The summed E-state index contributed by atoms with van der Waals surface area (Å²) in [5.41, 5.74) is -1.21. The van der Waals surface area contributed by atoms with E-state index in [1.165, 1.54) is 26.0 Å². The largest absolute Gasteiger partial charge is 0.377 e. The van der Waals surface area contributed by atoms with E-state index >= 15 is 0 Å². The lowest BCUT2D eigenvalue weighted by Gasteiger charge is -2.15. The Labute approximate surface area is 94.7 Å². The molecule has 0 aliphatic carbocycles. The molecule has 0 radical (unpaired) electrons. The minimum Gasteiger partial charge on any atom is -0.377 e. The molecule has 0 aliphatic heterocycles. The first kappa shape index (κ1) is 13.0. The van der Waals surface area contributed by atoms with Gasteiger partial charge in [0, 0.05) is 0 Å². The summed E-state index contributed by atoms with van der Waals surface area (Å²) in [6, 6.07) is 6.11. The van der Waals surface area contributed by atoms with E-state index in [-0.39, 0.29) is 10.6 Å². The summed E-state index contributed by atoms with van der Waals surface area (Å²) in [5.74, 6) is 0. The van der Waals surface area contributed by atoms with Crippen LogP contribution in [0.1, 0.15) is 13.8 Å². The predicted octanol–water partition coefficient (Wildman–Crippen LogP) is 0.549. The molecule has 5 nitrogen and oxygen atoms in total. The molecule has 0 heterocycles. The van der Waals surface area contributed by atoms with Gasteiger partial charge in [-0.25, -0.2) is 8.42 Å². The van der Waals surface area contributed by atoms with Gasteiger partial charge in [0.05, 0.1) is 10.6 Å². The summed E-state index contributed by atoms with van der Waals surface area (Å²) >= 11 is 0. The molecular formula is C10H15NO4S. The zero-order valence-corrected chi connectivity index (χ0v) is 9.90. The Morgan fingerprint density at radius 3 is 2.25 bits per heavy atom. The van der Waals surface area contributed by atoms with Gasteiger partial charge in [-0.2, -0.15) is 0 Å². The molecule has 1 aromatic carbocycles. The predicted molar refractivity (Wildman–Crippen MR) is 60.6 cm³/mol. The zero-order chi connectivity index (χ0) is 12.3. The number of hydrogen-bond acceptors (Lipinski definition) is 5. The van der Waals surface area contributed by atoms with Crippen molar-refractivity contribution in [3.05, 3.63) is 24.3 Å². The van der Waals surface area contributed by atoms with E-state index in [1.807, 2.05) is 0 Å². The maximum absolute atomic E-state index is 11.8. The van der Waals surface area contributed by atoms with Crippen molar-refractivity contribution >= 4 is 15.5 Å². The molecule has 0 saturated carbocycles. The lowest BCUT2D eigenvalue weighted by molar-refractivity contribution is 0.224. The van der Waals surface area contributed by atoms with Gasteiger partial charge in [0.15, 0.2) is 5.44 Å². The number of hydrogen-bond donors (Lipinski definition) is 3. The summed E-state index contributed by atoms with van der Waals surface area (Å²) in [4.78, 5) is -0.0223. The molecule has 2 unspecified atom stereocenters. The average molecular weight is 245 g/mol. The standard InChI is InChI=1S/C10H15NO4S/c1-7(12)11-9-5-3-4-6-10(9)16(14,15)8(2)13/h3-8,11-13H,1-2H3. The van der Waals surface area contributed by atoms with Gasteiger partial charge in [0.1, 0.15) is 6.23 Å². The second-order valence-electron chi connectivity index (χ2n) is 3.46. The number of aliphatic hydroxyl groups excluding tert-OH is 2. The highest BCUT2D eigenvalue weighted by Gasteiger charge is 2.24. The SMILES string of the molecule is CC(O)Nc1ccccc1S(=O)(=O)C(C)O. The molecule has 0 amide bonds. The molecule has 0 aliphatic rings. The Kier molecular flexibility index (Phi) is 3.90. The van der Waals surface area contributed by atoms with Crippen LogP contribution in [0.2, 0.25) is 0 Å². The molecule has 16 heavy (non-hydrogen) atoms. The highest BCUT2D eigenvalue weighted by Crippen LogP contribution is 2.24.